The predicted octanol–water partition coefficient (Wildman–Crippen LogP) is 3.90. The number of nitrogens with two attached hydrogens (primary N) is 1. The van der Waals surface area contributed by atoms with E-state index >= 15 is 0 Å². The van der Waals surface area contributed by atoms with Crippen LogP contribution in [0.25, 0.3) is 0 Å². The second-order valence-corrected chi connectivity index (χ2v) is 4.63. The highest BCUT2D eigenvalue weighted by Gasteiger charge is 2.11. The van der Waals surface area contributed by atoms with Gasteiger partial charge in [-0.05, 0) is 46.9 Å². The first-order valence-corrected chi connectivity index (χ1v) is 5.92. The third kappa shape index (κ3) is 2.66. The van der Waals surface area contributed by atoms with Crippen LogP contribution in [0.3, 0.4) is 0 Å². The molecule has 0 aromatic heterocycles. The molecule has 0 bridgehead atoms. The Hall–Kier alpha value is -1.37. The van der Waals surface area contributed by atoms with Crippen LogP contribution in [0.2, 0.25) is 0 Å². The molecular formula is C12H9F2IN2. The van der Waals surface area contributed by atoms with Gasteiger partial charge in [0.25, 0.3) is 0 Å². The summed E-state index contributed by atoms with van der Waals surface area (Å²) < 4.78 is 28.0. The van der Waals surface area contributed by atoms with Gasteiger partial charge in [-0.1, -0.05) is 12.1 Å². The Labute approximate surface area is 111 Å². The van der Waals surface area contributed by atoms with Crippen molar-refractivity contribution in [3.05, 3.63) is 51.6 Å². The van der Waals surface area contributed by atoms with Crippen LogP contribution < -0.4 is 11.1 Å². The lowest BCUT2D eigenvalue weighted by atomic mass is 10.2. The fraction of sp³-hybridized carbons (Fsp3) is 0. The van der Waals surface area contributed by atoms with Crippen LogP contribution in [0, 0.1) is 15.2 Å². The van der Waals surface area contributed by atoms with Gasteiger partial charge in [-0.3, -0.25) is 0 Å². The molecule has 5 heteroatoms. The van der Waals surface area contributed by atoms with E-state index in [2.05, 4.69) is 27.9 Å². The van der Waals surface area contributed by atoms with Crippen LogP contribution in [0.5, 0.6) is 0 Å². The van der Waals surface area contributed by atoms with Crippen LogP contribution in [-0.4, -0.2) is 0 Å². The van der Waals surface area contributed by atoms with Gasteiger partial charge in [0.05, 0.1) is 5.69 Å². The van der Waals surface area contributed by atoms with E-state index in [1.807, 2.05) is 12.1 Å². The lowest BCUT2D eigenvalue weighted by Crippen LogP contribution is -2.00. The molecule has 0 aliphatic carbocycles. The molecule has 0 radical (unpaired) electrons. The van der Waals surface area contributed by atoms with E-state index < -0.39 is 11.6 Å². The van der Waals surface area contributed by atoms with Crippen molar-refractivity contribution in [3.63, 3.8) is 0 Å². The molecule has 0 aliphatic rings. The van der Waals surface area contributed by atoms with Gasteiger partial charge < -0.3 is 11.1 Å². The van der Waals surface area contributed by atoms with E-state index in [-0.39, 0.29) is 11.4 Å². The van der Waals surface area contributed by atoms with Crippen LogP contribution in [0.1, 0.15) is 0 Å². The number of para-hydroxylation sites is 1. The maximum atomic E-state index is 13.5. The summed E-state index contributed by atoms with van der Waals surface area (Å²) in [5, 5.41) is 2.72. The van der Waals surface area contributed by atoms with Crippen LogP contribution in [0.15, 0.2) is 36.4 Å². The van der Waals surface area contributed by atoms with Gasteiger partial charge in [0, 0.05) is 9.26 Å². The second-order valence-electron chi connectivity index (χ2n) is 3.46. The molecule has 17 heavy (non-hydrogen) atoms. The Morgan fingerprint density at radius 3 is 2.24 bits per heavy atom. The molecule has 2 aromatic rings. The zero-order chi connectivity index (χ0) is 12.4. The number of nitrogen functional groups attached to an aromatic ring is 1. The zero-order valence-electron chi connectivity index (χ0n) is 8.68. The zero-order valence-corrected chi connectivity index (χ0v) is 10.8. The maximum Gasteiger partial charge on any atom is 0.151 e. The van der Waals surface area contributed by atoms with Crippen molar-refractivity contribution >= 4 is 39.7 Å². The molecule has 0 aliphatic heterocycles. The summed E-state index contributed by atoms with van der Waals surface area (Å²) in [5.41, 5.74) is 5.86. The van der Waals surface area contributed by atoms with E-state index in [9.17, 15) is 8.78 Å². The number of rotatable bonds is 2. The molecule has 0 saturated carbocycles. The third-order valence-electron chi connectivity index (χ3n) is 2.20. The Morgan fingerprint density at radius 1 is 1.06 bits per heavy atom. The summed E-state index contributed by atoms with van der Waals surface area (Å²) in [6.45, 7) is 0. The highest BCUT2D eigenvalue weighted by atomic mass is 127. The van der Waals surface area contributed by atoms with Crippen molar-refractivity contribution in [3.8, 4) is 0 Å². The van der Waals surface area contributed by atoms with Crippen molar-refractivity contribution in [2.45, 2.75) is 0 Å². The largest absolute Gasteiger partial charge is 0.399 e. The third-order valence-corrected chi connectivity index (χ3v) is 3.14. The first-order valence-electron chi connectivity index (χ1n) is 4.84. The van der Waals surface area contributed by atoms with Crippen molar-refractivity contribution in [2.24, 2.45) is 0 Å². The van der Waals surface area contributed by atoms with Gasteiger partial charge >= 0.3 is 0 Å². The molecular weight excluding hydrogens is 337 g/mol. The molecule has 0 amide bonds. The quantitative estimate of drug-likeness (QED) is 0.640. The fourth-order valence-electron chi connectivity index (χ4n) is 1.41. The SMILES string of the molecule is Nc1cc(F)c(Nc2ccccc2I)c(F)c1. The lowest BCUT2D eigenvalue weighted by Gasteiger charge is -2.10. The first kappa shape index (κ1) is 12.1. The van der Waals surface area contributed by atoms with E-state index in [0.717, 1.165) is 15.7 Å². The Balaban J connectivity index is 2.40. The highest BCUT2D eigenvalue weighted by Crippen LogP contribution is 2.27. The first-order chi connectivity index (χ1) is 8.08. The minimum atomic E-state index is -0.706. The molecule has 88 valence electrons. The van der Waals surface area contributed by atoms with E-state index in [1.54, 1.807) is 12.1 Å². The van der Waals surface area contributed by atoms with Gasteiger partial charge in [0.1, 0.15) is 5.69 Å². The van der Waals surface area contributed by atoms with Crippen molar-refractivity contribution < 1.29 is 8.78 Å². The molecule has 0 heterocycles. The van der Waals surface area contributed by atoms with Gasteiger partial charge in [0.2, 0.25) is 0 Å². The van der Waals surface area contributed by atoms with Gasteiger partial charge in [0.15, 0.2) is 11.6 Å². The van der Waals surface area contributed by atoms with Gasteiger partial charge in [-0.2, -0.15) is 0 Å². The topological polar surface area (TPSA) is 38.0 Å². The summed E-state index contributed by atoms with van der Waals surface area (Å²) >= 11 is 2.09. The molecule has 0 saturated heterocycles. The van der Waals surface area contributed by atoms with Gasteiger partial charge in [-0.15, -0.1) is 0 Å². The van der Waals surface area contributed by atoms with E-state index in [4.69, 9.17) is 5.73 Å². The molecule has 0 fully saturated rings. The molecule has 2 rings (SSSR count). The second kappa shape index (κ2) is 4.87. The molecule has 2 nitrogen and oxygen atoms in total. The maximum absolute atomic E-state index is 13.5. The number of hydrogen-bond donors (Lipinski definition) is 2. The molecule has 0 atom stereocenters. The average molecular weight is 346 g/mol. The Kier molecular flexibility index (Phi) is 3.46. The normalized spacial score (nSPS) is 10.3. The Morgan fingerprint density at radius 2 is 1.65 bits per heavy atom. The fourth-order valence-corrected chi connectivity index (χ4v) is 1.93. The minimum Gasteiger partial charge on any atom is -0.399 e. The smallest absolute Gasteiger partial charge is 0.151 e. The van der Waals surface area contributed by atoms with Crippen molar-refractivity contribution in [1.82, 2.24) is 0 Å². The molecule has 0 unspecified atom stereocenters. The summed E-state index contributed by atoms with van der Waals surface area (Å²) in [7, 11) is 0. The van der Waals surface area contributed by atoms with E-state index in [0.29, 0.717) is 5.69 Å². The number of benzene rings is 2. The molecule has 2 aromatic carbocycles. The van der Waals surface area contributed by atoms with Crippen LogP contribution in [-0.2, 0) is 0 Å². The van der Waals surface area contributed by atoms with Crippen LogP contribution >= 0.6 is 22.6 Å². The monoisotopic (exact) mass is 346 g/mol. The molecule has 0 spiro atoms. The standard InChI is InChI=1S/C12H9F2IN2/c13-8-5-7(16)6-9(14)12(8)17-11-4-2-1-3-10(11)15/h1-6,17H,16H2. The number of nitrogens with one attached hydrogen (secondary N) is 1. The number of anilines is 3. The lowest BCUT2D eigenvalue weighted by molar-refractivity contribution is 0.592. The van der Waals surface area contributed by atoms with Crippen molar-refractivity contribution in [2.75, 3.05) is 11.1 Å². The van der Waals surface area contributed by atoms with Gasteiger partial charge in [-0.25, -0.2) is 8.78 Å². The van der Waals surface area contributed by atoms with Crippen molar-refractivity contribution in [1.29, 1.82) is 0 Å². The summed E-state index contributed by atoms with van der Waals surface area (Å²) in [4.78, 5) is 0. The number of hydrogen-bond acceptors (Lipinski definition) is 2. The summed E-state index contributed by atoms with van der Waals surface area (Å²) in [6, 6.07) is 9.40. The molecule has 3 N–H and O–H groups in total. The highest BCUT2D eigenvalue weighted by molar-refractivity contribution is 14.1. The summed E-state index contributed by atoms with van der Waals surface area (Å²) in [5.74, 6) is -1.41. The Bertz CT molecular complexity index is 535. The predicted molar refractivity (Wildman–Crippen MR) is 73.2 cm³/mol. The minimum absolute atomic E-state index is 0.0632. The van der Waals surface area contributed by atoms with E-state index in [1.165, 1.54) is 0 Å². The average Bonchev–Trinajstić information content (AvgIpc) is 2.25. The summed E-state index contributed by atoms with van der Waals surface area (Å²) in [6.07, 6.45) is 0. The number of halogens is 3. The van der Waals surface area contributed by atoms with Crippen LogP contribution in [0.4, 0.5) is 25.8 Å².